The fraction of sp³-hybridized carbons (Fsp3) is 0.500. The predicted octanol–water partition coefficient (Wildman–Crippen LogP) is 1.32. The maximum Gasteiger partial charge on any atom is 0.260 e. The van der Waals surface area contributed by atoms with E-state index in [0.717, 1.165) is 0 Å². The van der Waals surface area contributed by atoms with Gasteiger partial charge in [0.15, 0.2) is 18.1 Å². The standard InChI is InChI=1S/C14H19NO4/c1-2-18-12-5-3-4-6-13(12)19-11-14(16)15-7-9-17-10-8-15/h3-6H,2,7-11H2,1H3. The van der Waals surface area contributed by atoms with E-state index in [1.54, 1.807) is 11.0 Å². The number of para-hydroxylation sites is 2. The van der Waals surface area contributed by atoms with Crippen molar-refractivity contribution in [2.45, 2.75) is 6.92 Å². The summed E-state index contributed by atoms with van der Waals surface area (Å²) in [6, 6.07) is 7.37. The highest BCUT2D eigenvalue weighted by Gasteiger charge is 2.17. The summed E-state index contributed by atoms with van der Waals surface area (Å²) in [5.41, 5.74) is 0. The lowest BCUT2D eigenvalue weighted by molar-refractivity contribution is -0.137. The lowest BCUT2D eigenvalue weighted by Crippen LogP contribution is -2.43. The van der Waals surface area contributed by atoms with Crippen LogP contribution in [0.2, 0.25) is 0 Å². The van der Waals surface area contributed by atoms with Crippen LogP contribution in [0, 0.1) is 0 Å². The van der Waals surface area contributed by atoms with E-state index in [1.807, 2.05) is 25.1 Å². The third-order valence-electron chi connectivity index (χ3n) is 2.86. The molecule has 1 aromatic carbocycles. The zero-order chi connectivity index (χ0) is 13.5. The third-order valence-corrected chi connectivity index (χ3v) is 2.86. The molecule has 0 saturated carbocycles. The van der Waals surface area contributed by atoms with Gasteiger partial charge in [-0.05, 0) is 19.1 Å². The second-order valence-electron chi connectivity index (χ2n) is 4.16. The van der Waals surface area contributed by atoms with Gasteiger partial charge in [-0.1, -0.05) is 12.1 Å². The zero-order valence-corrected chi connectivity index (χ0v) is 11.1. The van der Waals surface area contributed by atoms with Crippen molar-refractivity contribution >= 4 is 5.91 Å². The number of amides is 1. The van der Waals surface area contributed by atoms with Crippen molar-refractivity contribution in [3.63, 3.8) is 0 Å². The Bertz CT molecular complexity index is 416. The first kappa shape index (κ1) is 13.7. The van der Waals surface area contributed by atoms with Crippen LogP contribution >= 0.6 is 0 Å². The molecule has 1 aliphatic heterocycles. The quantitative estimate of drug-likeness (QED) is 0.805. The Balaban J connectivity index is 1.89. The minimum absolute atomic E-state index is 0.0189. The maximum absolute atomic E-state index is 11.9. The number of morpholine rings is 1. The van der Waals surface area contributed by atoms with Crippen molar-refractivity contribution in [3.05, 3.63) is 24.3 Å². The summed E-state index contributed by atoms with van der Waals surface area (Å²) < 4.78 is 16.2. The summed E-state index contributed by atoms with van der Waals surface area (Å²) >= 11 is 0. The van der Waals surface area contributed by atoms with Crippen LogP contribution in [0.3, 0.4) is 0 Å². The number of rotatable bonds is 5. The summed E-state index contributed by atoms with van der Waals surface area (Å²) in [4.78, 5) is 13.7. The summed E-state index contributed by atoms with van der Waals surface area (Å²) in [6.45, 7) is 4.98. The molecule has 0 atom stereocenters. The molecular weight excluding hydrogens is 246 g/mol. The number of carbonyl (C=O) groups is 1. The fourth-order valence-corrected chi connectivity index (χ4v) is 1.89. The molecule has 5 nitrogen and oxygen atoms in total. The van der Waals surface area contributed by atoms with E-state index in [0.29, 0.717) is 44.4 Å². The van der Waals surface area contributed by atoms with Gasteiger partial charge < -0.3 is 19.1 Å². The SMILES string of the molecule is CCOc1ccccc1OCC(=O)N1CCOCC1. The van der Waals surface area contributed by atoms with E-state index in [1.165, 1.54) is 0 Å². The van der Waals surface area contributed by atoms with E-state index >= 15 is 0 Å². The summed E-state index contributed by atoms with van der Waals surface area (Å²) in [6.07, 6.45) is 0. The number of ether oxygens (including phenoxy) is 3. The van der Waals surface area contributed by atoms with Gasteiger partial charge in [-0.2, -0.15) is 0 Å². The molecule has 0 N–H and O–H groups in total. The molecule has 0 aliphatic carbocycles. The molecule has 1 saturated heterocycles. The molecule has 0 radical (unpaired) electrons. The van der Waals surface area contributed by atoms with Gasteiger partial charge in [0.25, 0.3) is 5.91 Å². The van der Waals surface area contributed by atoms with Crippen molar-refractivity contribution in [2.75, 3.05) is 39.5 Å². The lowest BCUT2D eigenvalue weighted by Gasteiger charge is -2.26. The Morgan fingerprint density at radius 2 is 1.84 bits per heavy atom. The van der Waals surface area contributed by atoms with Crippen LogP contribution in [-0.4, -0.2) is 50.3 Å². The first-order chi connectivity index (χ1) is 9.31. The second-order valence-corrected chi connectivity index (χ2v) is 4.16. The first-order valence-corrected chi connectivity index (χ1v) is 6.51. The first-order valence-electron chi connectivity index (χ1n) is 6.51. The highest BCUT2D eigenvalue weighted by Crippen LogP contribution is 2.26. The Morgan fingerprint density at radius 3 is 2.47 bits per heavy atom. The molecule has 104 valence electrons. The molecule has 1 aliphatic rings. The Morgan fingerprint density at radius 1 is 1.21 bits per heavy atom. The van der Waals surface area contributed by atoms with Crippen LogP contribution in [0.4, 0.5) is 0 Å². The van der Waals surface area contributed by atoms with Gasteiger partial charge in [-0.25, -0.2) is 0 Å². The van der Waals surface area contributed by atoms with E-state index < -0.39 is 0 Å². The topological polar surface area (TPSA) is 48.0 Å². The number of nitrogens with zero attached hydrogens (tertiary/aromatic N) is 1. The van der Waals surface area contributed by atoms with E-state index in [4.69, 9.17) is 14.2 Å². The minimum Gasteiger partial charge on any atom is -0.490 e. The fourth-order valence-electron chi connectivity index (χ4n) is 1.89. The van der Waals surface area contributed by atoms with Gasteiger partial charge in [0, 0.05) is 13.1 Å². The molecule has 1 fully saturated rings. The van der Waals surface area contributed by atoms with Crippen molar-refractivity contribution in [2.24, 2.45) is 0 Å². The minimum atomic E-state index is -0.0189. The largest absolute Gasteiger partial charge is 0.490 e. The second kappa shape index (κ2) is 6.99. The summed E-state index contributed by atoms with van der Waals surface area (Å²) in [5, 5.41) is 0. The molecule has 0 spiro atoms. The van der Waals surface area contributed by atoms with Crippen molar-refractivity contribution in [3.8, 4) is 11.5 Å². The van der Waals surface area contributed by atoms with Gasteiger partial charge in [0.05, 0.1) is 19.8 Å². The van der Waals surface area contributed by atoms with Gasteiger partial charge in [0.1, 0.15) is 0 Å². The average molecular weight is 265 g/mol. The van der Waals surface area contributed by atoms with Gasteiger partial charge in [0.2, 0.25) is 0 Å². The summed E-state index contributed by atoms with van der Waals surface area (Å²) in [7, 11) is 0. The van der Waals surface area contributed by atoms with Gasteiger partial charge >= 0.3 is 0 Å². The molecule has 2 rings (SSSR count). The molecule has 1 heterocycles. The zero-order valence-electron chi connectivity index (χ0n) is 11.1. The Kier molecular flexibility index (Phi) is 5.03. The van der Waals surface area contributed by atoms with Crippen LogP contribution in [-0.2, 0) is 9.53 Å². The summed E-state index contributed by atoms with van der Waals surface area (Å²) in [5.74, 6) is 1.25. The number of hydrogen-bond acceptors (Lipinski definition) is 4. The predicted molar refractivity (Wildman–Crippen MR) is 70.5 cm³/mol. The van der Waals surface area contributed by atoms with Crippen LogP contribution in [0.1, 0.15) is 6.92 Å². The molecule has 1 aromatic rings. The van der Waals surface area contributed by atoms with Crippen LogP contribution in [0.25, 0.3) is 0 Å². The highest BCUT2D eigenvalue weighted by molar-refractivity contribution is 5.78. The van der Waals surface area contributed by atoms with Crippen LogP contribution in [0.5, 0.6) is 11.5 Å². The Labute approximate surface area is 113 Å². The van der Waals surface area contributed by atoms with E-state index in [9.17, 15) is 4.79 Å². The molecule has 1 amide bonds. The average Bonchev–Trinajstić information content (AvgIpc) is 2.47. The maximum atomic E-state index is 11.9. The monoisotopic (exact) mass is 265 g/mol. The third kappa shape index (κ3) is 3.86. The van der Waals surface area contributed by atoms with E-state index in [2.05, 4.69) is 0 Å². The number of benzene rings is 1. The lowest BCUT2D eigenvalue weighted by atomic mass is 10.3. The van der Waals surface area contributed by atoms with Crippen molar-refractivity contribution < 1.29 is 19.0 Å². The van der Waals surface area contributed by atoms with Crippen molar-refractivity contribution in [1.29, 1.82) is 0 Å². The molecule has 0 aromatic heterocycles. The molecule has 0 bridgehead atoms. The van der Waals surface area contributed by atoms with Crippen molar-refractivity contribution in [1.82, 2.24) is 4.90 Å². The molecule has 5 heteroatoms. The highest BCUT2D eigenvalue weighted by atomic mass is 16.5. The molecular formula is C14H19NO4. The van der Waals surface area contributed by atoms with E-state index in [-0.39, 0.29) is 12.5 Å². The van der Waals surface area contributed by atoms with Gasteiger partial charge in [-0.15, -0.1) is 0 Å². The Hall–Kier alpha value is -1.75. The molecule has 19 heavy (non-hydrogen) atoms. The number of hydrogen-bond donors (Lipinski definition) is 0. The number of carbonyl (C=O) groups excluding carboxylic acids is 1. The molecule has 0 unspecified atom stereocenters. The van der Waals surface area contributed by atoms with Crippen LogP contribution in [0.15, 0.2) is 24.3 Å². The smallest absolute Gasteiger partial charge is 0.260 e. The van der Waals surface area contributed by atoms with Crippen LogP contribution < -0.4 is 9.47 Å². The normalized spacial score (nSPS) is 15.1. The van der Waals surface area contributed by atoms with Gasteiger partial charge in [-0.3, -0.25) is 4.79 Å².